The van der Waals surface area contributed by atoms with Crippen molar-refractivity contribution in [2.75, 3.05) is 14.1 Å². The van der Waals surface area contributed by atoms with Crippen LogP contribution in [0.2, 0.25) is 0 Å². The highest BCUT2D eigenvalue weighted by atomic mass is 15.2. The highest BCUT2D eigenvalue weighted by molar-refractivity contribution is 5.86. The van der Waals surface area contributed by atoms with Gasteiger partial charge in [-0.05, 0) is 24.1 Å². The fourth-order valence-electron chi connectivity index (χ4n) is 2.11. The molecule has 1 saturated heterocycles. The highest BCUT2D eigenvalue weighted by Crippen LogP contribution is 2.29. The van der Waals surface area contributed by atoms with E-state index in [1.807, 2.05) is 38.4 Å². The summed E-state index contributed by atoms with van der Waals surface area (Å²) in [5.41, 5.74) is 9.29. The maximum absolute atomic E-state index is 6.06. The van der Waals surface area contributed by atoms with Gasteiger partial charge in [0.05, 0.1) is 0 Å². The molecule has 0 bridgehead atoms. The quantitative estimate of drug-likeness (QED) is 0.671. The van der Waals surface area contributed by atoms with Gasteiger partial charge in [-0.2, -0.15) is 0 Å². The van der Waals surface area contributed by atoms with Crippen LogP contribution in [-0.4, -0.2) is 24.8 Å². The van der Waals surface area contributed by atoms with Crippen LogP contribution in [-0.2, 0) is 0 Å². The number of hydrogen-bond acceptors (Lipinski definition) is 2. The third-order valence-electron chi connectivity index (χ3n) is 3.01. The maximum atomic E-state index is 6.06. The summed E-state index contributed by atoms with van der Waals surface area (Å²) in [6, 6.07) is 0. The number of aliphatic imine (C=N–C) groups is 1. The van der Waals surface area contributed by atoms with Crippen molar-refractivity contribution in [3.05, 3.63) is 47.3 Å². The lowest BCUT2D eigenvalue weighted by atomic mass is 9.96. The lowest BCUT2D eigenvalue weighted by molar-refractivity contribution is 0.576. The van der Waals surface area contributed by atoms with E-state index in [1.165, 1.54) is 5.57 Å². The second-order valence-corrected chi connectivity index (χ2v) is 3.93. The number of fused-ring (bicyclic) bond motifs is 1. The van der Waals surface area contributed by atoms with Gasteiger partial charge in [-0.15, -0.1) is 0 Å². The molecule has 1 heterocycles. The van der Waals surface area contributed by atoms with Crippen LogP contribution < -0.4 is 5.73 Å². The van der Waals surface area contributed by atoms with Crippen molar-refractivity contribution in [2.24, 2.45) is 10.7 Å². The summed E-state index contributed by atoms with van der Waals surface area (Å²) < 4.78 is 0. The molecular formula is C13H17N3. The third kappa shape index (κ3) is 1.81. The summed E-state index contributed by atoms with van der Waals surface area (Å²) in [5.74, 6) is 1.11. The van der Waals surface area contributed by atoms with E-state index in [4.69, 9.17) is 5.73 Å². The van der Waals surface area contributed by atoms with Gasteiger partial charge in [0.1, 0.15) is 5.84 Å². The van der Waals surface area contributed by atoms with E-state index in [9.17, 15) is 0 Å². The first-order chi connectivity index (χ1) is 7.74. The monoisotopic (exact) mass is 215 g/mol. The largest absolute Gasteiger partial charge is 0.398 e. The first kappa shape index (κ1) is 10.7. The Morgan fingerprint density at radius 2 is 2.06 bits per heavy atom. The molecule has 84 valence electrons. The number of piperidine rings is 1. The molecule has 1 aliphatic heterocycles. The summed E-state index contributed by atoms with van der Waals surface area (Å²) in [7, 11) is 3.88. The molecule has 16 heavy (non-hydrogen) atoms. The van der Waals surface area contributed by atoms with Gasteiger partial charge in [0.2, 0.25) is 0 Å². The van der Waals surface area contributed by atoms with Gasteiger partial charge in [0.15, 0.2) is 0 Å². The molecule has 0 atom stereocenters. The Kier molecular flexibility index (Phi) is 2.95. The molecule has 0 aromatic rings. The van der Waals surface area contributed by atoms with E-state index < -0.39 is 0 Å². The smallest absolute Gasteiger partial charge is 0.103 e. The van der Waals surface area contributed by atoms with Crippen molar-refractivity contribution in [3.63, 3.8) is 0 Å². The van der Waals surface area contributed by atoms with Gasteiger partial charge in [-0.3, -0.25) is 4.99 Å². The molecule has 0 spiro atoms. The summed E-state index contributed by atoms with van der Waals surface area (Å²) in [6.07, 6.45) is 12.0. The number of hydrogen-bond donors (Lipinski definition) is 1. The zero-order valence-corrected chi connectivity index (χ0v) is 9.77. The maximum Gasteiger partial charge on any atom is 0.103 e. The van der Waals surface area contributed by atoms with E-state index in [-0.39, 0.29) is 0 Å². The number of likely N-dealkylation sites (N-methyl/N-ethyl adjacent to an activating group) is 1. The first-order valence-corrected chi connectivity index (χ1v) is 5.47. The van der Waals surface area contributed by atoms with Crippen molar-refractivity contribution in [1.29, 1.82) is 0 Å². The number of nitrogens with zero attached hydrogens (tertiary/aromatic N) is 2. The predicted octanol–water partition coefficient (Wildman–Crippen LogP) is 1.96. The second kappa shape index (κ2) is 4.39. The highest BCUT2D eigenvalue weighted by Gasteiger charge is 2.22. The van der Waals surface area contributed by atoms with Crippen molar-refractivity contribution >= 4 is 5.84 Å². The third-order valence-corrected chi connectivity index (χ3v) is 3.01. The standard InChI is InChI=1S/C13H17N3/c1-15-13-9-8-10-11(14)6-4-3-5-7-12(10)16(13)2/h3-7H,8-9,14H2,1-2H3/b4-3?,5-3-,6-4-,7-5?,11-6?,11-10+,12-7+,15-13+. The van der Waals surface area contributed by atoms with Crippen LogP contribution in [0.5, 0.6) is 0 Å². The van der Waals surface area contributed by atoms with Gasteiger partial charge in [0.25, 0.3) is 0 Å². The Morgan fingerprint density at radius 3 is 2.81 bits per heavy atom. The van der Waals surface area contributed by atoms with Crippen molar-refractivity contribution in [3.8, 4) is 0 Å². The Bertz CT molecular complexity index is 436. The topological polar surface area (TPSA) is 41.6 Å². The Balaban J connectivity index is 2.46. The number of allylic oxidation sites excluding steroid dienone is 6. The molecule has 0 radical (unpaired) electrons. The molecule has 0 saturated carbocycles. The van der Waals surface area contributed by atoms with Crippen molar-refractivity contribution in [1.82, 2.24) is 4.90 Å². The zero-order valence-electron chi connectivity index (χ0n) is 9.77. The van der Waals surface area contributed by atoms with E-state index in [0.29, 0.717) is 0 Å². The van der Waals surface area contributed by atoms with Crippen molar-refractivity contribution in [2.45, 2.75) is 12.8 Å². The fraction of sp³-hybridized carbons (Fsp3) is 0.308. The van der Waals surface area contributed by atoms with Crippen LogP contribution in [0.25, 0.3) is 0 Å². The predicted molar refractivity (Wildman–Crippen MR) is 67.9 cm³/mol. The lowest BCUT2D eigenvalue weighted by Gasteiger charge is -2.32. The number of likely N-dealkylation sites (tertiary alicyclic amines) is 1. The minimum atomic E-state index is 0.859. The van der Waals surface area contributed by atoms with Gasteiger partial charge in [-0.1, -0.05) is 18.2 Å². The zero-order chi connectivity index (χ0) is 11.5. The molecule has 1 aliphatic carbocycles. The summed E-state index contributed by atoms with van der Waals surface area (Å²) in [6.45, 7) is 0. The van der Waals surface area contributed by atoms with E-state index in [2.05, 4.69) is 16.0 Å². The molecular weight excluding hydrogens is 198 g/mol. The minimum Gasteiger partial charge on any atom is -0.398 e. The summed E-state index contributed by atoms with van der Waals surface area (Å²) >= 11 is 0. The van der Waals surface area contributed by atoms with Gasteiger partial charge in [0, 0.05) is 31.9 Å². The summed E-state index contributed by atoms with van der Waals surface area (Å²) in [5, 5.41) is 0. The van der Waals surface area contributed by atoms with Crippen LogP contribution in [0.1, 0.15) is 12.8 Å². The van der Waals surface area contributed by atoms with Crippen LogP contribution in [0.4, 0.5) is 0 Å². The molecule has 1 fully saturated rings. The second-order valence-electron chi connectivity index (χ2n) is 3.93. The van der Waals surface area contributed by atoms with Gasteiger partial charge >= 0.3 is 0 Å². The molecule has 0 aromatic carbocycles. The molecule has 2 N–H and O–H groups in total. The van der Waals surface area contributed by atoms with Crippen LogP contribution in [0, 0.1) is 0 Å². The van der Waals surface area contributed by atoms with Gasteiger partial charge in [-0.25, -0.2) is 0 Å². The lowest BCUT2D eigenvalue weighted by Crippen LogP contribution is -2.32. The molecule has 0 unspecified atom stereocenters. The molecule has 3 heteroatoms. The normalized spacial score (nSPS) is 34.8. The fourth-order valence-corrected chi connectivity index (χ4v) is 2.11. The number of rotatable bonds is 0. The average molecular weight is 215 g/mol. The molecule has 0 aromatic heterocycles. The Morgan fingerprint density at radius 1 is 1.25 bits per heavy atom. The SMILES string of the molecule is C/N=C1\CCC2=C(N)/C=C\C=C/C=C\2N1C. The van der Waals surface area contributed by atoms with Crippen molar-refractivity contribution < 1.29 is 0 Å². The van der Waals surface area contributed by atoms with E-state index in [1.54, 1.807) is 0 Å². The molecule has 3 nitrogen and oxygen atoms in total. The van der Waals surface area contributed by atoms with E-state index >= 15 is 0 Å². The number of nitrogens with two attached hydrogens (primary N) is 1. The van der Waals surface area contributed by atoms with Crippen LogP contribution >= 0.6 is 0 Å². The Labute approximate surface area is 96.3 Å². The molecule has 0 amide bonds. The van der Waals surface area contributed by atoms with Crippen LogP contribution in [0.15, 0.2) is 52.3 Å². The first-order valence-electron chi connectivity index (χ1n) is 5.47. The molecule has 2 aliphatic rings. The summed E-state index contributed by atoms with van der Waals surface area (Å²) in [4.78, 5) is 6.42. The van der Waals surface area contributed by atoms with Gasteiger partial charge < -0.3 is 10.6 Å². The average Bonchev–Trinajstić information content (AvgIpc) is 2.27. The minimum absolute atomic E-state index is 0.859. The Hall–Kier alpha value is -1.77. The van der Waals surface area contributed by atoms with E-state index in [0.717, 1.165) is 30.1 Å². The molecule has 2 rings (SSSR count). The van der Waals surface area contributed by atoms with Crippen LogP contribution in [0.3, 0.4) is 0 Å². The number of amidine groups is 1.